The van der Waals surface area contributed by atoms with Crippen LogP contribution in [-0.2, 0) is 9.59 Å². The molecule has 0 heterocycles. The average molecular weight is 272 g/mol. The van der Waals surface area contributed by atoms with E-state index in [0.29, 0.717) is 0 Å². The SMILES string of the molecule is CC(C)=O.O=C([O-])C1(O)C[C@@H](O)C(O)[C@H](O)C1.[Na+]. The molecule has 2 atom stereocenters. The second-order valence-corrected chi connectivity index (χ2v) is 4.26. The molecule has 18 heavy (non-hydrogen) atoms. The van der Waals surface area contributed by atoms with Crippen molar-refractivity contribution in [2.75, 3.05) is 0 Å². The Kier molecular flexibility index (Phi) is 9.26. The zero-order chi connectivity index (χ0) is 13.8. The van der Waals surface area contributed by atoms with E-state index in [1.807, 2.05) is 0 Å². The Labute approximate surface area is 127 Å². The van der Waals surface area contributed by atoms with Crippen LogP contribution in [0, 0.1) is 0 Å². The first-order valence-electron chi connectivity index (χ1n) is 5.05. The number of carboxylic acids is 1. The molecule has 1 aliphatic carbocycles. The van der Waals surface area contributed by atoms with Crippen molar-refractivity contribution < 1.29 is 64.7 Å². The van der Waals surface area contributed by atoms with E-state index >= 15 is 0 Å². The van der Waals surface area contributed by atoms with Gasteiger partial charge in [0.15, 0.2) is 0 Å². The summed E-state index contributed by atoms with van der Waals surface area (Å²) >= 11 is 0. The summed E-state index contributed by atoms with van der Waals surface area (Å²) in [6, 6.07) is 0. The van der Waals surface area contributed by atoms with E-state index in [-0.39, 0.29) is 35.3 Å². The quantitative estimate of drug-likeness (QED) is 0.348. The summed E-state index contributed by atoms with van der Waals surface area (Å²) < 4.78 is 0. The number of carbonyl (C=O) groups is 2. The minimum absolute atomic E-state index is 0. The van der Waals surface area contributed by atoms with Crippen molar-refractivity contribution >= 4 is 11.8 Å². The second-order valence-electron chi connectivity index (χ2n) is 4.26. The zero-order valence-corrected chi connectivity index (χ0v) is 12.7. The molecule has 0 saturated heterocycles. The van der Waals surface area contributed by atoms with Crippen LogP contribution in [-0.4, -0.2) is 56.1 Å². The molecule has 0 spiro atoms. The third kappa shape index (κ3) is 6.24. The molecule has 0 aromatic carbocycles. The van der Waals surface area contributed by atoms with Crippen molar-refractivity contribution in [1.29, 1.82) is 0 Å². The molecule has 0 unspecified atom stereocenters. The van der Waals surface area contributed by atoms with Crippen LogP contribution in [0.2, 0.25) is 0 Å². The van der Waals surface area contributed by atoms with Gasteiger partial charge in [-0.2, -0.15) is 0 Å². The van der Waals surface area contributed by atoms with E-state index in [4.69, 9.17) is 15.3 Å². The Bertz CT molecular complexity index is 278. The predicted octanol–water partition coefficient (Wildman–Crippen LogP) is -6.06. The van der Waals surface area contributed by atoms with Crippen LogP contribution >= 0.6 is 0 Å². The third-order valence-corrected chi connectivity index (χ3v) is 2.26. The van der Waals surface area contributed by atoms with Gasteiger partial charge in [0.25, 0.3) is 0 Å². The van der Waals surface area contributed by atoms with E-state index in [1.54, 1.807) is 0 Å². The molecular formula is C10H17NaO7. The standard InChI is InChI=1S/C7H12O6.C3H6O.Na/c8-3-1-7(13,6(11)12)2-4(9)5(3)10;1-3(2)4;/h3-5,8-10,13H,1-2H2,(H,11,12);1-2H3;/q;;+1/p-1/t3-,4-,5?,7?;;/m1../s1. The van der Waals surface area contributed by atoms with Crippen LogP contribution in [0.4, 0.5) is 0 Å². The first-order chi connectivity index (χ1) is 7.60. The minimum Gasteiger partial charge on any atom is -0.547 e. The summed E-state index contributed by atoms with van der Waals surface area (Å²) in [6.45, 7) is 3.06. The van der Waals surface area contributed by atoms with E-state index in [1.165, 1.54) is 13.8 Å². The Morgan fingerprint density at radius 1 is 1.11 bits per heavy atom. The maximum atomic E-state index is 10.4. The Balaban J connectivity index is 0. The van der Waals surface area contributed by atoms with E-state index in [2.05, 4.69) is 0 Å². The molecule has 0 aromatic heterocycles. The van der Waals surface area contributed by atoms with Gasteiger partial charge in [0, 0.05) is 12.8 Å². The maximum absolute atomic E-state index is 10.4. The number of carboxylic acid groups (broad SMARTS) is 1. The first-order valence-corrected chi connectivity index (χ1v) is 5.05. The summed E-state index contributed by atoms with van der Waals surface area (Å²) in [5.74, 6) is -1.59. The summed E-state index contributed by atoms with van der Waals surface area (Å²) in [5.41, 5.74) is -2.25. The molecule has 1 rings (SSSR count). The summed E-state index contributed by atoms with van der Waals surface area (Å²) in [6.07, 6.45) is -5.39. The number of aliphatic carboxylic acids is 1. The number of Topliss-reactive ketones (excluding diaryl/α,β-unsaturated/α-hetero) is 1. The monoisotopic (exact) mass is 272 g/mol. The maximum Gasteiger partial charge on any atom is 1.00 e. The van der Waals surface area contributed by atoms with Gasteiger partial charge in [0.1, 0.15) is 17.5 Å². The number of carbonyl (C=O) groups excluding carboxylic acids is 2. The molecule has 4 N–H and O–H groups in total. The topological polar surface area (TPSA) is 138 Å². The van der Waals surface area contributed by atoms with E-state index in [9.17, 15) is 19.8 Å². The summed E-state index contributed by atoms with van der Waals surface area (Å²) in [4.78, 5) is 19.9. The molecule has 1 saturated carbocycles. The second kappa shape index (κ2) is 8.21. The molecule has 0 radical (unpaired) electrons. The molecule has 8 heteroatoms. The van der Waals surface area contributed by atoms with Crippen LogP contribution in [0.1, 0.15) is 26.7 Å². The molecule has 1 fully saturated rings. The van der Waals surface area contributed by atoms with Crippen molar-refractivity contribution in [3.63, 3.8) is 0 Å². The Morgan fingerprint density at radius 3 is 1.61 bits per heavy atom. The molecule has 0 bridgehead atoms. The number of aliphatic hydroxyl groups is 4. The minimum atomic E-state index is -2.25. The molecule has 0 amide bonds. The van der Waals surface area contributed by atoms with Crippen LogP contribution < -0.4 is 34.7 Å². The summed E-state index contributed by atoms with van der Waals surface area (Å²) in [7, 11) is 0. The molecular weight excluding hydrogens is 255 g/mol. The summed E-state index contributed by atoms with van der Waals surface area (Å²) in [5, 5.41) is 46.9. The van der Waals surface area contributed by atoms with E-state index in [0.717, 1.165) is 0 Å². The van der Waals surface area contributed by atoms with Crippen molar-refractivity contribution in [3.8, 4) is 0 Å². The predicted molar refractivity (Wildman–Crippen MR) is 53.6 cm³/mol. The molecule has 1 aliphatic rings. The third-order valence-electron chi connectivity index (χ3n) is 2.26. The zero-order valence-electron chi connectivity index (χ0n) is 10.7. The molecule has 0 aliphatic heterocycles. The Hall–Kier alpha value is -0.0200. The van der Waals surface area contributed by atoms with Gasteiger partial charge in [-0.3, -0.25) is 0 Å². The van der Waals surface area contributed by atoms with Gasteiger partial charge in [-0.25, -0.2) is 0 Å². The average Bonchev–Trinajstić information content (AvgIpc) is 2.13. The number of rotatable bonds is 1. The fourth-order valence-corrected chi connectivity index (χ4v) is 1.44. The molecule has 100 valence electrons. The van der Waals surface area contributed by atoms with Crippen LogP contribution in [0.15, 0.2) is 0 Å². The van der Waals surface area contributed by atoms with E-state index < -0.39 is 42.7 Å². The number of aliphatic hydroxyl groups excluding tert-OH is 3. The van der Waals surface area contributed by atoms with Crippen LogP contribution in [0.3, 0.4) is 0 Å². The Morgan fingerprint density at radius 2 is 1.39 bits per heavy atom. The number of hydrogen-bond donors (Lipinski definition) is 4. The normalized spacial score (nSPS) is 34.7. The number of hydrogen-bond acceptors (Lipinski definition) is 7. The molecule has 0 aromatic rings. The van der Waals surface area contributed by atoms with Gasteiger partial charge >= 0.3 is 29.6 Å². The van der Waals surface area contributed by atoms with Crippen molar-refractivity contribution in [1.82, 2.24) is 0 Å². The van der Waals surface area contributed by atoms with Gasteiger partial charge in [0.2, 0.25) is 0 Å². The van der Waals surface area contributed by atoms with Gasteiger partial charge in [-0.1, -0.05) is 0 Å². The van der Waals surface area contributed by atoms with Gasteiger partial charge < -0.3 is 35.1 Å². The first kappa shape index (κ1) is 20.3. The van der Waals surface area contributed by atoms with Crippen molar-refractivity contribution in [2.24, 2.45) is 0 Å². The molecule has 7 nitrogen and oxygen atoms in total. The van der Waals surface area contributed by atoms with Crippen molar-refractivity contribution in [3.05, 3.63) is 0 Å². The van der Waals surface area contributed by atoms with Gasteiger partial charge in [-0.15, -0.1) is 0 Å². The smallest absolute Gasteiger partial charge is 0.547 e. The van der Waals surface area contributed by atoms with Gasteiger partial charge in [-0.05, 0) is 13.8 Å². The fraction of sp³-hybridized carbons (Fsp3) is 0.800. The fourth-order valence-electron chi connectivity index (χ4n) is 1.44. The van der Waals surface area contributed by atoms with Crippen molar-refractivity contribution in [2.45, 2.75) is 50.6 Å². The van der Waals surface area contributed by atoms with Crippen LogP contribution in [0.25, 0.3) is 0 Å². The number of ketones is 1. The largest absolute Gasteiger partial charge is 1.00 e. The van der Waals surface area contributed by atoms with Crippen LogP contribution in [0.5, 0.6) is 0 Å². The van der Waals surface area contributed by atoms with Gasteiger partial charge in [0.05, 0.1) is 18.2 Å².